The van der Waals surface area contributed by atoms with Gasteiger partial charge in [-0.3, -0.25) is 4.90 Å². The number of ether oxygens (including phenoxy) is 2. The third kappa shape index (κ3) is 4.79. The Labute approximate surface area is 143 Å². The van der Waals surface area contributed by atoms with E-state index in [0.717, 1.165) is 37.3 Å². The molecule has 0 bridgehead atoms. The molecular weight excluding hydrogens is 305 g/mol. The van der Waals surface area contributed by atoms with Gasteiger partial charge in [-0.15, -0.1) is 0 Å². The summed E-state index contributed by atoms with van der Waals surface area (Å²) in [6.45, 7) is 2.82. The van der Waals surface area contributed by atoms with Crippen molar-refractivity contribution in [3.05, 3.63) is 65.5 Å². The zero-order valence-corrected chi connectivity index (χ0v) is 14.1. The van der Waals surface area contributed by atoms with E-state index in [2.05, 4.69) is 17.0 Å². The van der Waals surface area contributed by atoms with Crippen LogP contribution in [-0.2, 0) is 17.8 Å². The van der Waals surface area contributed by atoms with E-state index in [1.54, 1.807) is 6.07 Å². The second-order valence-electron chi connectivity index (χ2n) is 6.35. The molecule has 0 saturated carbocycles. The number of benzene rings is 2. The summed E-state index contributed by atoms with van der Waals surface area (Å²) in [5, 5.41) is 0. The van der Waals surface area contributed by atoms with Gasteiger partial charge in [0.15, 0.2) is 0 Å². The third-order valence-corrected chi connectivity index (χ3v) is 4.23. The number of rotatable bonds is 7. The second-order valence-corrected chi connectivity index (χ2v) is 6.35. The van der Waals surface area contributed by atoms with Crippen LogP contribution in [0.25, 0.3) is 0 Å². The second kappa shape index (κ2) is 8.27. The van der Waals surface area contributed by atoms with E-state index >= 15 is 0 Å². The van der Waals surface area contributed by atoms with Gasteiger partial charge in [0, 0.05) is 25.3 Å². The van der Waals surface area contributed by atoms with Gasteiger partial charge in [0.25, 0.3) is 0 Å². The number of hydrogen-bond donors (Lipinski definition) is 0. The van der Waals surface area contributed by atoms with Crippen LogP contribution in [0, 0.1) is 5.82 Å². The van der Waals surface area contributed by atoms with Crippen molar-refractivity contribution >= 4 is 0 Å². The van der Waals surface area contributed by atoms with Gasteiger partial charge < -0.3 is 9.47 Å². The first-order chi connectivity index (χ1) is 11.7. The molecular formula is C20H24FNO2. The Balaban J connectivity index is 1.49. The minimum atomic E-state index is -0.151. The molecule has 2 aromatic rings. The first-order valence-corrected chi connectivity index (χ1v) is 8.46. The molecule has 1 saturated heterocycles. The van der Waals surface area contributed by atoms with Crippen molar-refractivity contribution in [2.24, 2.45) is 0 Å². The third-order valence-electron chi connectivity index (χ3n) is 4.23. The van der Waals surface area contributed by atoms with Gasteiger partial charge in [-0.2, -0.15) is 0 Å². The van der Waals surface area contributed by atoms with E-state index < -0.39 is 0 Å². The van der Waals surface area contributed by atoms with Gasteiger partial charge in [-0.05, 0) is 43.7 Å². The molecule has 3 nitrogen and oxygen atoms in total. The van der Waals surface area contributed by atoms with Crippen LogP contribution in [0.15, 0.2) is 48.5 Å². The summed E-state index contributed by atoms with van der Waals surface area (Å²) in [7, 11) is 1.99. The van der Waals surface area contributed by atoms with Gasteiger partial charge in [0.05, 0.1) is 6.10 Å². The molecule has 3 rings (SSSR count). The van der Waals surface area contributed by atoms with Gasteiger partial charge in [-0.25, -0.2) is 4.39 Å². The molecule has 1 aliphatic heterocycles. The minimum Gasteiger partial charge on any atom is -0.491 e. The fourth-order valence-corrected chi connectivity index (χ4v) is 2.94. The molecule has 0 aliphatic carbocycles. The van der Waals surface area contributed by atoms with Gasteiger partial charge in [0.2, 0.25) is 0 Å². The summed E-state index contributed by atoms with van der Waals surface area (Å²) in [6.07, 6.45) is 2.44. The van der Waals surface area contributed by atoms with E-state index in [-0.39, 0.29) is 11.9 Å². The predicted octanol–water partition coefficient (Wildman–Crippen LogP) is 4.02. The molecule has 1 fully saturated rings. The van der Waals surface area contributed by atoms with E-state index in [1.165, 1.54) is 11.6 Å². The molecule has 4 heteroatoms. The number of hydrogen-bond acceptors (Lipinski definition) is 3. The van der Waals surface area contributed by atoms with Crippen molar-refractivity contribution in [3.8, 4) is 5.75 Å². The Bertz CT molecular complexity index is 638. The van der Waals surface area contributed by atoms with Crippen LogP contribution in [0.4, 0.5) is 4.39 Å². The largest absolute Gasteiger partial charge is 0.491 e. The summed E-state index contributed by atoms with van der Waals surface area (Å²) >= 11 is 0. The minimum absolute atomic E-state index is 0.151. The lowest BCUT2D eigenvalue weighted by Crippen LogP contribution is -2.18. The van der Waals surface area contributed by atoms with E-state index in [4.69, 9.17) is 9.47 Å². The Kier molecular flexibility index (Phi) is 5.83. The maximum atomic E-state index is 13.7. The molecule has 0 aromatic heterocycles. The molecule has 1 heterocycles. The molecule has 0 amide bonds. The zero-order valence-electron chi connectivity index (χ0n) is 14.1. The molecule has 0 N–H and O–H groups in total. The van der Waals surface area contributed by atoms with Crippen molar-refractivity contribution < 1.29 is 13.9 Å². The van der Waals surface area contributed by atoms with Gasteiger partial charge >= 0.3 is 0 Å². The molecule has 1 aliphatic rings. The molecule has 1 atom stereocenters. The molecule has 0 radical (unpaired) electrons. The first-order valence-electron chi connectivity index (χ1n) is 8.46. The van der Waals surface area contributed by atoms with Crippen LogP contribution in [-0.4, -0.2) is 31.3 Å². The van der Waals surface area contributed by atoms with Crippen molar-refractivity contribution in [2.45, 2.75) is 32.0 Å². The lowest BCUT2D eigenvalue weighted by molar-refractivity contribution is 0.0679. The molecule has 24 heavy (non-hydrogen) atoms. The Morgan fingerprint density at radius 1 is 1.12 bits per heavy atom. The van der Waals surface area contributed by atoms with E-state index in [9.17, 15) is 4.39 Å². The van der Waals surface area contributed by atoms with E-state index in [0.29, 0.717) is 13.2 Å². The predicted molar refractivity (Wildman–Crippen MR) is 92.5 cm³/mol. The zero-order chi connectivity index (χ0) is 16.8. The maximum Gasteiger partial charge on any atom is 0.127 e. The fraction of sp³-hybridized carbons (Fsp3) is 0.400. The number of halogens is 1. The summed E-state index contributed by atoms with van der Waals surface area (Å²) < 4.78 is 25.0. The average Bonchev–Trinajstić information content (AvgIpc) is 3.10. The quantitative estimate of drug-likeness (QED) is 0.766. The summed E-state index contributed by atoms with van der Waals surface area (Å²) in [5.41, 5.74) is 1.90. The molecule has 2 aromatic carbocycles. The lowest BCUT2D eigenvalue weighted by Gasteiger charge is -2.17. The fourth-order valence-electron chi connectivity index (χ4n) is 2.94. The van der Waals surface area contributed by atoms with Crippen molar-refractivity contribution in [1.82, 2.24) is 4.90 Å². The Morgan fingerprint density at radius 2 is 1.92 bits per heavy atom. The molecule has 0 spiro atoms. The smallest absolute Gasteiger partial charge is 0.127 e. The first kappa shape index (κ1) is 16.9. The topological polar surface area (TPSA) is 21.7 Å². The summed E-state index contributed by atoms with van der Waals surface area (Å²) in [4.78, 5) is 2.10. The monoisotopic (exact) mass is 329 g/mol. The van der Waals surface area contributed by atoms with E-state index in [1.807, 2.05) is 31.3 Å². The van der Waals surface area contributed by atoms with Gasteiger partial charge in [-0.1, -0.05) is 30.3 Å². The highest BCUT2D eigenvalue weighted by Gasteiger charge is 2.15. The average molecular weight is 329 g/mol. The highest BCUT2D eigenvalue weighted by molar-refractivity contribution is 5.27. The highest BCUT2D eigenvalue weighted by atomic mass is 19.1. The normalized spacial score (nSPS) is 17.4. The van der Waals surface area contributed by atoms with Crippen LogP contribution in [0.2, 0.25) is 0 Å². The van der Waals surface area contributed by atoms with Crippen molar-refractivity contribution in [3.63, 3.8) is 0 Å². The molecule has 0 unspecified atom stereocenters. The van der Waals surface area contributed by atoms with Crippen molar-refractivity contribution in [2.75, 3.05) is 20.3 Å². The maximum absolute atomic E-state index is 13.7. The van der Waals surface area contributed by atoms with Crippen LogP contribution in [0.1, 0.15) is 24.0 Å². The Morgan fingerprint density at radius 3 is 2.62 bits per heavy atom. The van der Waals surface area contributed by atoms with Crippen LogP contribution in [0.3, 0.4) is 0 Å². The highest BCUT2D eigenvalue weighted by Crippen LogP contribution is 2.18. The summed E-state index contributed by atoms with van der Waals surface area (Å²) in [6, 6.07) is 15.0. The van der Waals surface area contributed by atoms with Crippen LogP contribution < -0.4 is 4.74 Å². The number of nitrogens with zero attached hydrogens (tertiary/aromatic N) is 1. The summed E-state index contributed by atoms with van der Waals surface area (Å²) in [5.74, 6) is 0.716. The van der Waals surface area contributed by atoms with Crippen LogP contribution >= 0.6 is 0 Å². The van der Waals surface area contributed by atoms with Crippen LogP contribution in [0.5, 0.6) is 5.75 Å². The Hall–Kier alpha value is -1.91. The van der Waals surface area contributed by atoms with Crippen molar-refractivity contribution in [1.29, 1.82) is 0 Å². The van der Waals surface area contributed by atoms with Gasteiger partial charge in [0.1, 0.15) is 18.2 Å². The SMILES string of the molecule is CN(Cc1ccc(OC[C@@H]2CCCO2)cc1)Cc1ccccc1F. The molecule has 128 valence electrons. The lowest BCUT2D eigenvalue weighted by atomic mass is 10.1. The standard InChI is InChI=1S/C20H24FNO2/c1-22(14-17-5-2-3-7-20(17)21)13-16-8-10-18(11-9-16)24-15-19-6-4-12-23-19/h2-3,5,7-11,19H,4,6,12-15H2,1H3/t19-/m0/s1.